The first-order chi connectivity index (χ1) is 11.6. The summed E-state index contributed by atoms with van der Waals surface area (Å²) < 4.78 is 10.4. The van der Waals surface area contributed by atoms with Crippen molar-refractivity contribution >= 4 is 0 Å². The Kier molecular flexibility index (Phi) is 9.12. The van der Waals surface area contributed by atoms with Crippen LogP contribution in [0, 0.1) is 5.92 Å². The molecular formula is C15H30O10. The topological polar surface area (TPSA) is 180 Å². The number of hydrogen-bond donors (Lipinski definition) is 8. The van der Waals surface area contributed by atoms with Crippen LogP contribution in [0.25, 0.3) is 0 Å². The van der Waals surface area contributed by atoms with Gasteiger partial charge in [-0.3, -0.25) is 0 Å². The second kappa shape index (κ2) is 10.1. The SMILES string of the molecule is CC(C)CC(O)C(O)C(OC1OC(CO)C(O)C(O)C1O)C(O)CO. The molecule has 0 saturated carbocycles. The summed E-state index contributed by atoms with van der Waals surface area (Å²) in [6.07, 6.45) is -13.7. The van der Waals surface area contributed by atoms with E-state index in [1.807, 2.05) is 13.8 Å². The normalized spacial score (nSPS) is 35.4. The Bertz CT molecular complexity index is 379. The zero-order valence-electron chi connectivity index (χ0n) is 14.3. The second-order valence-corrected chi connectivity index (χ2v) is 6.74. The Morgan fingerprint density at radius 3 is 2.00 bits per heavy atom. The summed E-state index contributed by atoms with van der Waals surface area (Å²) in [5, 5.41) is 77.9. The Morgan fingerprint density at radius 1 is 0.920 bits per heavy atom. The van der Waals surface area contributed by atoms with Crippen molar-refractivity contribution in [1.29, 1.82) is 0 Å². The van der Waals surface area contributed by atoms with Crippen molar-refractivity contribution in [3.63, 3.8) is 0 Å². The summed E-state index contributed by atoms with van der Waals surface area (Å²) in [4.78, 5) is 0. The van der Waals surface area contributed by atoms with Gasteiger partial charge in [-0.2, -0.15) is 0 Å². The molecule has 0 radical (unpaired) electrons. The lowest BCUT2D eigenvalue weighted by Crippen LogP contribution is -2.61. The monoisotopic (exact) mass is 370 g/mol. The van der Waals surface area contributed by atoms with Gasteiger partial charge in [-0.15, -0.1) is 0 Å². The van der Waals surface area contributed by atoms with Crippen LogP contribution in [0.1, 0.15) is 20.3 Å². The molecule has 0 aromatic heterocycles. The van der Waals surface area contributed by atoms with Gasteiger partial charge in [0.1, 0.15) is 42.7 Å². The summed E-state index contributed by atoms with van der Waals surface area (Å²) in [6.45, 7) is 2.15. The van der Waals surface area contributed by atoms with E-state index in [1.54, 1.807) is 0 Å². The number of aliphatic hydroxyl groups excluding tert-OH is 8. The van der Waals surface area contributed by atoms with Crippen LogP contribution in [-0.4, -0.2) is 109 Å². The van der Waals surface area contributed by atoms with Gasteiger partial charge < -0.3 is 50.3 Å². The predicted octanol–water partition coefficient (Wildman–Crippen LogP) is -3.71. The first kappa shape index (κ1) is 22.6. The molecule has 1 aliphatic rings. The van der Waals surface area contributed by atoms with Crippen molar-refractivity contribution in [3.05, 3.63) is 0 Å². The van der Waals surface area contributed by atoms with Crippen molar-refractivity contribution in [1.82, 2.24) is 0 Å². The van der Waals surface area contributed by atoms with Gasteiger partial charge in [0, 0.05) is 0 Å². The molecule has 0 aromatic carbocycles. The van der Waals surface area contributed by atoms with Gasteiger partial charge >= 0.3 is 0 Å². The second-order valence-electron chi connectivity index (χ2n) is 6.74. The minimum atomic E-state index is -1.74. The molecule has 1 rings (SSSR count). The van der Waals surface area contributed by atoms with E-state index < -0.39 is 68.3 Å². The summed E-state index contributed by atoms with van der Waals surface area (Å²) in [6, 6.07) is 0. The highest BCUT2D eigenvalue weighted by Crippen LogP contribution is 2.25. The van der Waals surface area contributed by atoms with E-state index in [0.717, 1.165) is 0 Å². The summed E-state index contributed by atoms with van der Waals surface area (Å²) in [7, 11) is 0. The van der Waals surface area contributed by atoms with Crippen molar-refractivity contribution in [2.75, 3.05) is 13.2 Å². The third-order valence-electron chi connectivity index (χ3n) is 4.15. The molecule has 0 aromatic rings. The zero-order chi connectivity index (χ0) is 19.3. The molecule has 150 valence electrons. The summed E-state index contributed by atoms with van der Waals surface area (Å²) in [5.74, 6) is 0.0313. The van der Waals surface area contributed by atoms with Crippen molar-refractivity contribution < 1.29 is 50.3 Å². The van der Waals surface area contributed by atoms with E-state index >= 15 is 0 Å². The van der Waals surface area contributed by atoms with Crippen LogP contribution in [0.5, 0.6) is 0 Å². The minimum Gasteiger partial charge on any atom is -0.394 e. The van der Waals surface area contributed by atoms with Crippen molar-refractivity contribution in [2.45, 2.75) is 75.4 Å². The molecule has 10 heteroatoms. The molecule has 0 amide bonds. The minimum absolute atomic E-state index is 0.0313. The average Bonchev–Trinajstić information content (AvgIpc) is 2.57. The Morgan fingerprint density at radius 2 is 1.52 bits per heavy atom. The first-order valence-corrected chi connectivity index (χ1v) is 8.25. The first-order valence-electron chi connectivity index (χ1n) is 8.25. The Balaban J connectivity index is 2.90. The van der Waals surface area contributed by atoms with Gasteiger partial charge in [0.2, 0.25) is 0 Å². The molecule has 0 spiro atoms. The summed E-state index contributed by atoms with van der Waals surface area (Å²) >= 11 is 0. The molecule has 1 aliphatic heterocycles. The van der Waals surface area contributed by atoms with Crippen LogP contribution in [0.15, 0.2) is 0 Å². The number of hydrogen-bond acceptors (Lipinski definition) is 10. The number of aliphatic hydroxyl groups is 8. The van der Waals surface area contributed by atoms with Gasteiger partial charge in [-0.1, -0.05) is 13.8 Å². The van der Waals surface area contributed by atoms with Gasteiger partial charge in [0.25, 0.3) is 0 Å². The molecule has 10 nitrogen and oxygen atoms in total. The lowest BCUT2D eigenvalue weighted by molar-refractivity contribution is -0.327. The maximum atomic E-state index is 10.2. The van der Waals surface area contributed by atoms with Crippen LogP contribution in [0.2, 0.25) is 0 Å². The highest BCUT2D eigenvalue weighted by Gasteiger charge is 2.46. The highest BCUT2D eigenvalue weighted by molar-refractivity contribution is 4.91. The fourth-order valence-corrected chi connectivity index (χ4v) is 2.68. The molecule has 8 N–H and O–H groups in total. The third-order valence-corrected chi connectivity index (χ3v) is 4.15. The van der Waals surface area contributed by atoms with Gasteiger partial charge in [-0.25, -0.2) is 0 Å². The van der Waals surface area contributed by atoms with Crippen LogP contribution in [0.4, 0.5) is 0 Å². The summed E-state index contributed by atoms with van der Waals surface area (Å²) in [5.41, 5.74) is 0. The molecule has 1 heterocycles. The van der Waals surface area contributed by atoms with E-state index in [4.69, 9.17) is 19.7 Å². The van der Waals surface area contributed by atoms with Gasteiger partial charge in [-0.05, 0) is 12.3 Å². The van der Waals surface area contributed by atoms with E-state index in [9.17, 15) is 30.6 Å². The van der Waals surface area contributed by atoms with E-state index in [2.05, 4.69) is 0 Å². The Hall–Kier alpha value is -0.400. The fourth-order valence-electron chi connectivity index (χ4n) is 2.68. The maximum Gasteiger partial charge on any atom is 0.187 e. The number of rotatable bonds is 9. The standard InChI is InChI=1S/C15H30O10/c1-6(2)3-7(18)10(20)14(8(19)4-16)25-15-13(23)12(22)11(21)9(5-17)24-15/h6-23H,3-5H2,1-2H3. The molecule has 1 saturated heterocycles. The van der Waals surface area contributed by atoms with Crippen LogP contribution in [-0.2, 0) is 9.47 Å². The quantitative estimate of drug-likeness (QED) is 0.201. The predicted molar refractivity (Wildman–Crippen MR) is 83.2 cm³/mol. The molecule has 0 aliphatic carbocycles. The highest BCUT2D eigenvalue weighted by atomic mass is 16.7. The fraction of sp³-hybridized carbons (Fsp3) is 1.00. The molecule has 25 heavy (non-hydrogen) atoms. The third kappa shape index (κ3) is 5.79. The molecule has 9 atom stereocenters. The van der Waals surface area contributed by atoms with E-state index in [-0.39, 0.29) is 12.3 Å². The smallest absolute Gasteiger partial charge is 0.187 e. The number of ether oxygens (including phenoxy) is 2. The molecule has 0 bridgehead atoms. The van der Waals surface area contributed by atoms with Crippen molar-refractivity contribution in [2.24, 2.45) is 5.92 Å². The lowest BCUT2D eigenvalue weighted by Gasteiger charge is -2.42. The average molecular weight is 370 g/mol. The zero-order valence-corrected chi connectivity index (χ0v) is 14.3. The molecule has 1 fully saturated rings. The van der Waals surface area contributed by atoms with Gasteiger partial charge in [0.15, 0.2) is 6.29 Å². The largest absolute Gasteiger partial charge is 0.394 e. The van der Waals surface area contributed by atoms with Gasteiger partial charge in [0.05, 0.1) is 19.3 Å². The van der Waals surface area contributed by atoms with E-state index in [1.165, 1.54) is 0 Å². The van der Waals surface area contributed by atoms with Crippen LogP contribution < -0.4 is 0 Å². The van der Waals surface area contributed by atoms with E-state index in [0.29, 0.717) is 0 Å². The maximum absolute atomic E-state index is 10.2. The lowest BCUT2D eigenvalue weighted by atomic mass is 9.95. The van der Waals surface area contributed by atoms with Crippen LogP contribution >= 0.6 is 0 Å². The molecular weight excluding hydrogens is 340 g/mol. The Labute approximate surface area is 145 Å². The van der Waals surface area contributed by atoms with Crippen molar-refractivity contribution in [3.8, 4) is 0 Å². The molecule has 9 unspecified atom stereocenters. The van der Waals surface area contributed by atoms with Crippen LogP contribution in [0.3, 0.4) is 0 Å².